The molecule has 37 heavy (non-hydrogen) atoms. The van der Waals surface area contributed by atoms with Crippen LogP contribution in [0, 0.1) is 11.8 Å². The summed E-state index contributed by atoms with van der Waals surface area (Å²) in [6.07, 6.45) is 4.58. The maximum atomic E-state index is 14.2. The molecule has 1 saturated carbocycles. The predicted molar refractivity (Wildman–Crippen MR) is 146 cm³/mol. The molecule has 3 unspecified atom stereocenters. The number of hydrogen-bond acceptors (Lipinski definition) is 3. The van der Waals surface area contributed by atoms with E-state index in [2.05, 4.69) is 39.8 Å². The lowest BCUT2D eigenvalue weighted by Gasteiger charge is -2.42. The lowest BCUT2D eigenvalue weighted by molar-refractivity contribution is -0.138. The molecule has 3 aliphatic rings. The topological polar surface area (TPSA) is 61.4 Å². The van der Waals surface area contributed by atoms with Gasteiger partial charge in [-0.2, -0.15) is 0 Å². The highest BCUT2D eigenvalue weighted by Crippen LogP contribution is 2.52. The van der Waals surface area contributed by atoms with Gasteiger partial charge in [0.2, 0.25) is 5.91 Å². The van der Waals surface area contributed by atoms with E-state index in [1.54, 1.807) is 0 Å². The second-order valence-electron chi connectivity index (χ2n) is 10.5. The molecule has 0 aromatic heterocycles. The van der Waals surface area contributed by atoms with Crippen molar-refractivity contribution in [3.8, 4) is 0 Å². The third-order valence-corrected chi connectivity index (χ3v) is 8.63. The van der Waals surface area contributed by atoms with Crippen molar-refractivity contribution in [2.45, 2.75) is 50.2 Å². The number of carbonyl (C=O) groups excluding carboxylic acids is 2. The molecule has 1 saturated heterocycles. The van der Waals surface area contributed by atoms with Crippen LogP contribution in [0.4, 0.5) is 5.69 Å². The standard InChI is InChI=1S/C31H32ClN3O2/c32-22-15-16-27-25(19-22)29-24(28(33-27)20-9-3-1-4-10-20)17-18-35(29)31(37)23-13-7-8-14-26(23)34-30(36)21-11-5-2-6-12-21/h1-6,9-12,15-16,19,23-24,26,28-29,33H,7-8,13-14,17-18H2,(H,34,36)/t23-,24?,26+,28?,29?/m0/s1. The zero-order chi connectivity index (χ0) is 25.4. The fourth-order valence-electron chi connectivity index (χ4n) is 6.64. The maximum absolute atomic E-state index is 14.2. The second kappa shape index (κ2) is 10.2. The van der Waals surface area contributed by atoms with Crippen LogP contribution in [0.2, 0.25) is 5.02 Å². The van der Waals surface area contributed by atoms with Crippen LogP contribution in [0.15, 0.2) is 78.9 Å². The van der Waals surface area contributed by atoms with E-state index in [0.717, 1.165) is 43.4 Å². The molecule has 5 atom stereocenters. The Bertz CT molecular complexity index is 1280. The van der Waals surface area contributed by atoms with Crippen molar-refractivity contribution in [2.24, 2.45) is 11.8 Å². The predicted octanol–water partition coefficient (Wildman–Crippen LogP) is 6.39. The van der Waals surface area contributed by atoms with Gasteiger partial charge in [0.15, 0.2) is 0 Å². The number of nitrogens with zero attached hydrogens (tertiary/aromatic N) is 1. The highest BCUT2D eigenvalue weighted by atomic mass is 35.5. The molecule has 2 heterocycles. The molecule has 2 N–H and O–H groups in total. The Labute approximate surface area is 223 Å². The van der Waals surface area contributed by atoms with Crippen LogP contribution in [0.5, 0.6) is 0 Å². The first-order chi connectivity index (χ1) is 18.1. The number of benzene rings is 3. The molecule has 0 bridgehead atoms. The van der Waals surface area contributed by atoms with Crippen molar-refractivity contribution < 1.29 is 9.59 Å². The summed E-state index contributed by atoms with van der Waals surface area (Å²) in [7, 11) is 0. The summed E-state index contributed by atoms with van der Waals surface area (Å²) in [6.45, 7) is 0.709. The number of hydrogen-bond donors (Lipinski definition) is 2. The number of fused-ring (bicyclic) bond motifs is 3. The Hall–Kier alpha value is -3.31. The maximum Gasteiger partial charge on any atom is 0.251 e. The summed E-state index contributed by atoms with van der Waals surface area (Å²) >= 11 is 6.46. The van der Waals surface area contributed by atoms with E-state index >= 15 is 0 Å². The number of halogens is 1. The summed E-state index contributed by atoms with van der Waals surface area (Å²) in [5.41, 5.74) is 4.00. The second-order valence-corrected chi connectivity index (χ2v) is 11.0. The Morgan fingerprint density at radius 1 is 0.892 bits per heavy atom. The number of likely N-dealkylation sites (tertiary alicyclic amines) is 1. The minimum absolute atomic E-state index is 0.0416. The van der Waals surface area contributed by atoms with E-state index in [4.69, 9.17) is 11.6 Å². The van der Waals surface area contributed by atoms with Crippen molar-refractivity contribution in [3.05, 3.63) is 101 Å². The molecule has 6 heteroatoms. The van der Waals surface area contributed by atoms with Gasteiger partial charge in [0.1, 0.15) is 0 Å². The lowest BCUT2D eigenvalue weighted by Crippen LogP contribution is -2.50. The molecule has 2 amide bonds. The molecule has 1 aliphatic carbocycles. The third-order valence-electron chi connectivity index (χ3n) is 8.39. The quantitative estimate of drug-likeness (QED) is 0.425. The fourth-order valence-corrected chi connectivity index (χ4v) is 6.82. The van der Waals surface area contributed by atoms with Crippen LogP contribution >= 0.6 is 11.6 Å². The lowest BCUT2D eigenvalue weighted by atomic mass is 9.79. The molecule has 2 aliphatic heterocycles. The van der Waals surface area contributed by atoms with E-state index in [1.165, 1.54) is 5.56 Å². The monoisotopic (exact) mass is 513 g/mol. The van der Waals surface area contributed by atoms with Crippen LogP contribution in [0.3, 0.4) is 0 Å². The van der Waals surface area contributed by atoms with Crippen LogP contribution in [0.1, 0.15) is 65.7 Å². The molecule has 3 aromatic rings. The van der Waals surface area contributed by atoms with Gasteiger partial charge in [0.05, 0.1) is 18.0 Å². The molecular weight excluding hydrogens is 482 g/mol. The molecule has 0 spiro atoms. The minimum Gasteiger partial charge on any atom is -0.378 e. The SMILES string of the molecule is O=C(N[C@@H]1CCCC[C@@H]1C(=O)N1CCC2C(c3ccccc3)Nc3ccc(Cl)cc3C21)c1ccccc1. The first-order valence-electron chi connectivity index (χ1n) is 13.4. The smallest absolute Gasteiger partial charge is 0.251 e. The molecule has 2 fully saturated rings. The number of carbonyl (C=O) groups is 2. The summed E-state index contributed by atoms with van der Waals surface area (Å²) in [5.74, 6) is 0.0871. The molecule has 190 valence electrons. The van der Waals surface area contributed by atoms with Crippen LogP contribution in [0.25, 0.3) is 0 Å². The Balaban J connectivity index is 1.30. The average molecular weight is 514 g/mol. The van der Waals surface area contributed by atoms with Gasteiger partial charge >= 0.3 is 0 Å². The summed E-state index contributed by atoms with van der Waals surface area (Å²) in [4.78, 5) is 29.3. The first-order valence-corrected chi connectivity index (χ1v) is 13.8. The van der Waals surface area contributed by atoms with E-state index in [1.807, 2.05) is 54.6 Å². The summed E-state index contributed by atoms with van der Waals surface area (Å²) < 4.78 is 0. The molecule has 5 nitrogen and oxygen atoms in total. The van der Waals surface area contributed by atoms with Gasteiger partial charge < -0.3 is 15.5 Å². The average Bonchev–Trinajstić information content (AvgIpc) is 3.39. The van der Waals surface area contributed by atoms with Gasteiger partial charge in [0.25, 0.3) is 5.91 Å². The third kappa shape index (κ3) is 4.61. The highest BCUT2D eigenvalue weighted by Gasteiger charge is 2.48. The van der Waals surface area contributed by atoms with E-state index < -0.39 is 0 Å². The van der Waals surface area contributed by atoms with Gasteiger partial charge in [-0.3, -0.25) is 9.59 Å². The van der Waals surface area contributed by atoms with Gasteiger partial charge in [-0.25, -0.2) is 0 Å². The van der Waals surface area contributed by atoms with Gasteiger partial charge in [-0.05, 0) is 60.7 Å². The first kappa shape index (κ1) is 24.1. The molecule has 0 radical (unpaired) electrons. The zero-order valence-corrected chi connectivity index (χ0v) is 21.5. The van der Waals surface area contributed by atoms with E-state index in [-0.39, 0.29) is 41.8 Å². The summed E-state index contributed by atoms with van der Waals surface area (Å²) in [6, 6.07) is 25.7. The van der Waals surface area contributed by atoms with Crippen molar-refractivity contribution >= 4 is 29.1 Å². The molecule has 6 rings (SSSR count). The molecular formula is C31H32ClN3O2. The number of nitrogens with one attached hydrogen (secondary N) is 2. The van der Waals surface area contributed by atoms with Crippen LogP contribution in [-0.2, 0) is 4.79 Å². The van der Waals surface area contributed by atoms with Crippen LogP contribution < -0.4 is 10.6 Å². The number of amides is 2. The van der Waals surface area contributed by atoms with Crippen molar-refractivity contribution in [2.75, 3.05) is 11.9 Å². The van der Waals surface area contributed by atoms with Crippen molar-refractivity contribution in [1.29, 1.82) is 0 Å². The zero-order valence-electron chi connectivity index (χ0n) is 20.8. The van der Waals surface area contributed by atoms with Gasteiger partial charge in [-0.1, -0.05) is 73.0 Å². The van der Waals surface area contributed by atoms with E-state index in [0.29, 0.717) is 17.1 Å². The normalized spacial score (nSPS) is 26.5. The number of anilines is 1. The summed E-state index contributed by atoms with van der Waals surface area (Å²) in [5, 5.41) is 7.64. The largest absolute Gasteiger partial charge is 0.378 e. The highest BCUT2D eigenvalue weighted by molar-refractivity contribution is 6.30. The Morgan fingerprint density at radius 2 is 1.62 bits per heavy atom. The van der Waals surface area contributed by atoms with Crippen molar-refractivity contribution in [3.63, 3.8) is 0 Å². The van der Waals surface area contributed by atoms with Gasteiger partial charge in [-0.15, -0.1) is 0 Å². The van der Waals surface area contributed by atoms with E-state index in [9.17, 15) is 9.59 Å². The fraction of sp³-hybridized carbons (Fsp3) is 0.355. The Morgan fingerprint density at radius 3 is 2.41 bits per heavy atom. The Kier molecular flexibility index (Phi) is 6.64. The number of rotatable bonds is 4. The van der Waals surface area contributed by atoms with Gasteiger partial charge in [0, 0.05) is 34.8 Å². The van der Waals surface area contributed by atoms with Crippen LogP contribution in [-0.4, -0.2) is 29.3 Å². The van der Waals surface area contributed by atoms with Crippen molar-refractivity contribution in [1.82, 2.24) is 10.2 Å². The molecule has 3 aromatic carbocycles. The minimum atomic E-state index is -0.215.